The highest BCUT2D eigenvalue weighted by Crippen LogP contribution is 2.42. The maximum Gasteiger partial charge on any atom is 0.230 e. The number of likely N-dealkylation sites (N-methyl/N-ethyl adjacent to an activating group) is 1. The molecular weight excluding hydrogens is 344 g/mol. The number of carbonyl (C=O) groups excluding carboxylic acids is 1. The van der Waals surface area contributed by atoms with E-state index in [1.165, 1.54) is 55.2 Å². The molecule has 1 atom stereocenters. The van der Waals surface area contributed by atoms with E-state index in [2.05, 4.69) is 29.0 Å². The zero-order valence-corrected chi connectivity index (χ0v) is 16.7. The number of carbonyl (C=O) groups is 1. The van der Waals surface area contributed by atoms with Crippen molar-refractivity contribution in [3.63, 3.8) is 0 Å². The minimum atomic E-state index is 0.0223. The van der Waals surface area contributed by atoms with Crippen LogP contribution in [0.15, 0.2) is 12.1 Å². The Bertz CT molecular complexity index is 658. The van der Waals surface area contributed by atoms with E-state index in [1.54, 1.807) is 0 Å². The van der Waals surface area contributed by atoms with Gasteiger partial charge in [0.1, 0.15) is 0 Å². The van der Waals surface area contributed by atoms with Gasteiger partial charge in [-0.2, -0.15) is 0 Å². The predicted molar refractivity (Wildman–Crippen MR) is 107 cm³/mol. The molecule has 0 bridgehead atoms. The highest BCUT2D eigenvalue weighted by atomic mass is 35.5. The van der Waals surface area contributed by atoms with E-state index >= 15 is 0 Å². The van der Waals surface area contributed by atoms with Crippen LogP contribution in [0, 0.1) is 0 Å². The second kappa shape index (κ2) is 7.90. The van der Waals surface area contributed by atoms with Crippen LogP contribution in [0.5, 0.6) is 0 Å². The summed E-state index contributed by atoms with van der Waals surface area (Å²) in [7, 11) is 2.13. The van der Waals surface area contributed by atoms with Crippen molar-refractivity contribution >= 4 is 17.5 Å². The Morgan fingerprint density at radius 2 is 1.65 bits per heavy atom. The molecule has 0 N–H and O–H groups in total. The van der Waals surface area contributed by atoms with Gasteiger partial charge in [0.25, 0.3) is 0 Å². The van der Waals surface area contributed by atoms with Gasteiger partial charge < -0.3 is 9.80 Å². The molecule has 3 aliphatic rings. The molecule has 2 aliphatic carbocycles. The van der Waals surface area contributed by atoms with Crippen molar-refractivity contribution in [1.82, 2.24) is 9.80 Å². The molecule has 4 rings (SSSR count). The first-order valence-electron chi connectivity index (χ1n) is 10.4. The number of benzene rings is 1. The summed E-state index contributed by atoms with van der Waals surface area (Å²) in [4.78, 5) is 17.4. The third-order valence-electron chi connectivity index (χ3n) is 6.74. The smallest absolute Gasteiger partial charge is 0.230 e. The minimum absolute atomic E-state index is 0.0223. The number of fused-ring (bicyclic) bond motifs is 1. The third kappa shape index (κ3) is 3.66. The lowest BCUT2D eigenvalue weighted by Crippen LogP contribution is -2.48. The van der Waals surface area contributed by atoms with Gasteiger partial charge in [-0.05, 0) is 61.4 Å². The van der Waals surface area contributed by atoms with Gasteiger partial charge in [0.05, 0.1) is 5.92 Å². The van der Waals surface area contributed by atoms with E-state index in [0.717, 1.165) is 44.0 Å². The van der Waals surface area contributed by atoms with E-state index in [1.807, 2.05) is 0 Å². The Kier molecular flexibility index (Phi) is 5.56. The SMILES string of the molecule is CN1CCN(C(=O)C2CCc3cc(C4CCCCCC4)c(Cl)cc32)CC1. The average molecular weight is 375 g/mol. The molecule has 0 aromatic heterocycles. The lowest BCUT2D eigenvalue weighted by Gasteiger charge is -2.34. The van der Waals surface area contributed by atoms with Gasteiger partial charge in [-0.25, -0.2) is 0 Å². The lowest BCUT2D eigenvalue weighted by molar-refractivity contribution is -0.134. The fourth-order valence-electron chi connectivity index (χ4n) is 5.06. The summed E-state index contributed by atoms with van der Waals surface area (Å²) in [5.41, 5.74) is 3.93. The third-order valence-corrected chi connectivity index (χ3v) is 7.07. The van der Waals surface area contributed by atoms with Gasteiger partial charge in [0.2, 0.25) is 5.91 Å². The van der Waals surface area contributed by atoms with Crippen LogP contribution in [0.2, 0.25) is 5.02 Å². The van der Waals surface area contributed by atoms with Crippen LogP contribution in [-0.2, 0) is 11.2 Å². The number of hydrogen-bond donors (Lipinski definition) is 0. The first-order chi connectivity index (χ1) is 12.6. The normalized spacial score (nSPS) is 25.2. The van der Waals surface area contributed by atoms with Crippen LogP contribution in [0.25, 0.3) is 0 Å². The summed E-state index contributed by atoms with van der Waals surface area (Å²) < 4.78 is 0. The molecule has 3 nitrogen and oxygen atoms in total. The van der Waals surface area contributed by atoms with Gasteiger partial charge in [0, 0.05) is 31.2 Å². The Hall–Kier alpha value is -1.06. The Balaban J connectivity index is 1.53. The van der Waals surface area contributed by atoms with E-state index in [0.29, 0.717) is 11.8 Å². The van der Waals surface area contributed by atoms with Crippen molar-refractivity contribution < 1.29 is 4.79 Å². The van der Waals surface area contributed by atoms with Gasteiger partial charge in [-0.1, -0.05) is 43.4 Å². The van der Waals surface area contributed by atoms with Crippen LogP contribution < -0.4 is 0 Å². The molecule has 1 aromatic rings. The Morgan fingerprint density at radius 1 is 0.962 bits per heavy atom. The first kappa shape index (κ1) is 18.3. The maximum absolute atomic E-state index is 13.1. The highest BCUT2D eigenvalue weighted by molar-refractivity contribution is 6.31. The second-order valence-corrected chi connectivity index (χ2v) is 8.89. The molecule has 0 spiro atoms. The maximum atomic E-state index is 13.1. The highest BCUT2D eigenvalue weighted by Gasteiger charge is 2.34. The van der Waals surface area contributed by atoms with Crippen LogP contribution in [0.1, 0.15) is 73.5 Å². The summed E-state index contributed by atoms with van der Waals surface area (Å²) >= 11 is 6.74. The zero-order valence-electron chi connectivity index (χ0n) is 16.0. The van der Waals surface area contributed by atoms with E-state index in [4.69, 9.17) is 11.6 Å². The van der Waals surface area contributed by atoms with Crippen molar-refractivity contribution in [1.29, 1.82) is 0 Å². The summed E-state index contributed by atoms with van der Waals surface area (Å²) in [6, 6.07) is 4.49. The van der Waals surface area contributed by atoms with Crippen molar-refractivity contribution in [2.45, 2.75) is 63.2 Å². The molecular formula is C22H31ClN2O. The molecule has 142 valence electrons. The number of halogens is 1. The number of hydrogen-bond acceptors (Lipinski definition) is 2. The van der Waals surface area contributed by atoms with Crippen LogP contribution in [0.4, 0.5) is 0 Å². The number of piperazine rings is 1. The number of aryl methyl sites for hydroxylation is 1. The number of rotatable bonds is 2. The van der Waals surface area contributed by atoms with Gasteiger partial charge >= 0.3 is 0 Å². The molecule has 1 heterocycles. The lowest BCUT2D eigenvalue weighted by atomic mass is 9.89. The Labute approximate surface area is 162 Å². The number of amides is 1. The van der Waals surface area contributed by atoms with E-state index in [-0.39, 0.29) is 5.92 Å². The van der Waals surface area contributed by atoms with Gasteiger partial charge in [-0.3, -0.25) is 4.79 Å². The minimum Gasteiger partial charge on any atom is -0.340 e. The molecule has 1 aliphatic heterocycles. The van der Waals surface area contributed by atoms with Crippen molar-refractivity contribution in [3.8, 4) is 0 Å². The van der Waals surface area contributed by atoms with Crippen molar-refractivity contribution in [2.24, 2.45) is 0 Å². The molecule has 0 radical (unpaired) electrons. The zero-order chi connectivity index (χ0) is 18.1. The molecule has 4 heteroatoms. The van der Waals surface area contributed by atoms with Crippen molar-refractivity contribution in [2.75, 3.05) is 33.2 Å². The molecule has 1 unspecified atom stereocenters. The Morgan fingerprint density at radius 3 is 2.35 bits per heavy atom. The van der Waals surface area contributed by atoms with Crippen LogP contribution >= 0.6 is 11.6 Å². The number of nitrogens with zero attached hydrogens (tertiary/aromatic N) is 2. The summed E-state index contributed by atoms with van der Waals surface area (Å²) in [5, 5.41) is 0.897. The fourth-order valence-corrected chi connectivity index (χ4v) is 5.38. The molecule has 1 aromatic carbocycles. The molecule has 1 amide bonds. The molecule has 2 fully saturated rings. The molecule has 1 saturated carbocycles. The van der Waals surface area contributed by atoms with E-state index < -0.39 is 0 Å². The molecule has 1 saturated heterocycles. The molecule has 26 heavy (non-hydrogen) atoms. The summed E-state index contributed by atoms with van der Waals surface area (Å²) in [6.45, 7) is 3.67. The standard InChI is InChI=1S/C22H31ClN2O/c1-24-10-12-25(13-11-24)22(26)18-9-8-17-14-20(21(23)15-19(17)18)16-6-4-2-3-5-7-16/h14-16,18H,2-13H2,1H3. The summed E-state index contributed by atoms with van der Waals surface area (Å²) in [6.07, 6.45) is 9.87. The predicted octanol–water partition coefficient (Wildman–Crippen LogP) is 4.58. The van der Waals surface area contributed by atoms with E-state index in [9.17, 15) is 4.79 Å². The average Bonchev–Trinajstić information content (AvgIpc) is 2.86. The topological polar surface area (TPSA) is 23.6 Å². The second-order valence-electron chi connectivity index (χ2n) is 8.48. The van der Waals surface area contributed by atoms with Crippen molar-refractivity contribution in [3.05, 3.63) is 33.8 Å². The largest absolute Gasteiger partial charge is 0.340 e. The van der Waals surface area contributed by atoms with Crippen LogP contribution in [0.3, 0.4) is 0 Å². The fraction of sp³-hybridized carbons (Fsp3) is 0.682. The quantitative estimate of drug-likeness (QED) is 0.707. The first-order valence-corrected chi connectivity index (χ1v) is 10.8. The summed E-state index contributed by atoms with van der Waals surface area (Å²) in [5.74, 6) is 0.951. The monoisotopic (exact) mass is 374 g/mol. The van der Waals surface area contributed by atoms with Gasteiger partial charge in [-0.15, -0.1) is 0 Å². The van der Waals surface area contributed by atoms with Gasteiger partial charge in [0.15, 0.2) is 0 Å². The van der Waals surface area contributed by atoms with Crippen LogP contribution in [-0.4, -0.2) is 48.9 Å².